The number of rotatable bonds is 1. The van der Waals surface area contributed by atoms with E-state index in [9.17, 15) is 0 Å². The van der Waals surface area contributed by atoms with E-state index in [1.54, 1.807) is 0 Å². The summed E-state index contributed by atoms with van der Waals surface area (Å²) in [6.07, 6.45) is 0. The zero-order chi connectivity index (χ0) is 4.28. The standard InChI is InChI=1S/C3H8I2/c1-4-5(2)3/h1H2,2-3H3. The molecule has 0 rings (SSSR count). The van der Waals surface area contributed by atoms with Crippen LogP contribution in [0.15, 0.2) is 0 Å². The van der Waals surface area contributed by atoms with Crippen LogP contribution in [0.3, 0.4) is 0 Å². The summed E-state index contributed by atoms with van der Waals surface area (Å²) in [5, 5.41) is 0. The molecule has 0 saturated heterocycles. The Kier molecular flexibility index (Phi) is 4.45. The second kappa shape index (κ2) is 3.52. The molecule has 0 radical (unpaired) electrons. The quantitative estimate of drug-likeness (QED) is 0.513. The molecule has 0 heterocycles. The van der Waals surface area contributed by atoms with E-state index >= 15 is 0 Å². The van der Waals surface area contributed by atoms with Gasteiger partial charge in [-0.25, -0.2) is 0 Å². The van der Waals surface area contributed by atoms with Crippen molar-refractivity contribution in [2.45, 2.75) is 0 Å². The average molecular weight is 298 g/mol. The summed E-state index contributed by atoms with van der Waals surface area (Å²) in [5.74, 6) is 0. The van der Waals surface area contributed by atoms with Crippen LogP contribution in [0.5, 0.6) is 0 Å². The van der Waals surface area contributed by atoms with Gasteiger partial charge in [-0.2, -0.15) is 0 Å². The Balaban J connectivity index is 2.83. The van der Waals surface area contributed by atoms with Crippen molar-refractivity contribution >= 4 is 37.1 Å². The zero-order valence-electron chi connectivity index (χ0n) is 3.46. The molecular formula is C3H8I2. The molecule has 34 valence electrons. The molecule has 5 heavy (non-hydrogen) atoms. The fourth-order valence-electron chi connectivity index (χ4n) is 0. The summed E-state index contributed by atoms with van der Waals surface area (Å²) < 4.78 is 3.86. The maximum absolute atomic E-state index is 3.86. The summed E-state index contributed by atoms with van der Waals surface area (Å²) >= 11 is 0.171. The van der Waals surface area contributed by atoms with Gasteiger partial charge >= 0.3 is 47.0 Å². The van der Waals surface area contributed by atoms with Crippen molar-refractivity contribution in [1.29, 1.82) is 0 Å². The van der Waals surface area contributed by atoms with Crippen LogP contribution in [0.25, 0.3) is 0 Å². The van der Waals surface area contributed by atoms with Gasteiger partial charge in [0.1, 0.15) is 0 Å². The van der Waals surface area contributed by atoms with Crippen LogP contribution in [0, 0.1) is 0 Å². The van der Waals surface area contributed by atoms with E-state index in [0.717, 1.165) is 0 Å². The first-order chi connectivity index (χ1) is 2.27. The summed E-state index contributed by atoms with van der Waals surface area (Å²) in [6.45, 7) is 0. The van der Waals surface area contributed by atoms with Crippen LogP contribution < -0.4 is 0 Å². The van der Waals surface area contributed by atoms with Gasteiger partial charge in [0, 0.05) is 0 Å². The van der Waals surface area contributed by atoms with Gasteiger partial charge < -0.3 is 0 Å². The predicted octanol–water partition coefficient (Wildman–Crippen LogP) is 2.07. The van der Waals surface area contributed by atoms with E-state index in [1.807, 2.05) is 0 Å². The Hall–Kier alpha value is 1.33. The molecule has 0 aliphatic rings. The van der Waals surface area contributed by atoms with E-state index in [2.05, 4.69) is 14.4 Å². The van der Waals surface area contributed by atoms with Crippen LogP contribution in [0.2, 0.25) is 0 Å². The monoisotopic (exact) mass is 298 g/mol. The van der Waals surface area contributed by atoms with E-state index < -0.39 is 0 Å². The first-order valence-electron chi connectivity index (χ1n) is 1.17. The molecule has 0 aliphatic carbocycles. The summed E-state index contributed by atoms with van der Waals surface area (Å²) in [5.41, 5.74) is 0. The van der Waals surface area contributed by atoms with Crippen molar-refractivity contribution < 1.29 is 0 Å². The van der Waals surface area contributed by atoms with Crippen molar-refractivity contribution in [3.63, 3.8) is 0 Å². The van der Waals surface area contributed by atoms with Gasteiger partial charge in [0.15, 0.2) is 0 Å². The number of hydrogen-bond donors (Lipinski definition) is 0. The van der Waals surface area contributed by atoms with Gasteiger partial charge in [-0.05, 0) is 0 Å². The van der Waals surface area contributed by atoms with E-state index in [-0.39, 0.29) is 15.8 Å². The first-order valence-corrected chi connectivity index (χ1v) is 13.3. The molecule has 0 spiro atoms. The first kappa shape index (κ1) is 6.33. The van der Waals surface area contributed by atoms with Crippen molar-refractivity contribution in [2.24, 2.45) is 0 Å². The Morgan fingerprint density at radius 1 is 1.60 bits per heavy atom. The van der Waals surface area contributed by atoms with Crippen LogP contribution in [-0.2, 0) is 0 Å². The molecule has 0 atom stereocenters. The normalized spacial score (nSPS) is 11.2. The van der Waals surface area contributed by atoms with Crippen molar-refractivity contribution in [3.8, 4) is 0 Å². The van der Waals surface area contributed by atoms with Gasteiger partial charge in [0.25, 0.3) is 0 Å². The van der Waals surface area contributed by atoms with Crippen LogP contribution in [0.4, 0.5) is 0 Å². The molecular weight excluding hydrogens is 290 g/mol. The molecule has 0 saturated carbocycles. The molecule has 0 aromatic carbocycles. The van der Waals surface area contributed by atoms with Gasteiger partial charge in [-0.15, -0.1) is 0 Å². The van der Waals surface area contributed by atoms with E-state index in [4.69, 9.17) is 0 Å². The minimum atomic E-state index is -0.283. The predicted molar refractivity (Wildman–Crippen MR) is 47.0 cm³/mol. The molecule has 0 unspecified atom stereocenters. The van der Waals surface area contributed by atoms with Crippen LogP contribution >= 0.6 is 32.6 Å². The summed E-state index contributed by atoms with van der Waals surface area (Å²) in [4.78, 5) is 4.73. The van der Waals surface area contributed by atoms with Crippen molar-refractivity contribution in [3.05, 3.63) is 0 Å². The molecule has 0 aromatic heterocycles. The number of halogens is 2. The SMILES string of the molecule is C=II(C)C. The van der Waals surface area contributed by atoms with Gasteiger partial charge in [-0.1, -0.05) is 0 Å². The second-order valence-electron chi connectivity index (χ2n) is 0.765. The third-order valence-electron chi connectivity index (χ3n) is 0.202. The molecule has 0 N–H and O–H groups in total. The summed E-state index contributed by atoms with van der Waals surface area (Å²) in [6, 6.07) is 0. The Morgan fingerprint density at radius 3 is 1.80 bits per heavy atom. The van der Waals surface area contributed by atoms with Gasteiger partial charge in [0.05, 0.1) is 0 Å². The average Bonchev–Trinajstić information content (AvgIpc) is 1.38. The number of alkyl halides is 2. The molecule has 0 nitrogen and oxygen atoms in total. The van der Waals surface area contributed by atoms with Gasteiger partial charge in [0.2, 0.25) is 0 Å². The molecule has 0 fully saturated rings. The van der Waals surface area contributed by atoms with Crippen LogP contribution in [-0.4, -0.2) is 14.4 Å². The molecule has 0 amide bonds. The fourth-order valence-corrected chi connectivity index (χ4v) is 0. The third-order valence-corrected chi connectivity index (χ3v) is 9.09. The number of hydrogen-bond acceptors (Lipinski definition) is 0. The molecule has 2 heteroatoms. The molecule has 0 bridgehead atoms. The fraction of sp³-hybridized carbons (Fsp3) is 0.667. The second-order valence-corrected chi connectivity index (χ2v) is 19.9. The Morgan fingerprint density at radius 2 is 1.80 bits per heavy atom. The van der Waals surface area contributed by atoms with E-state index in [1.165, 1.54) is 0 Å². The topological polar surface area (TPSA) is 0 Å². The summed E-state index contributed by atoms with van der Waals surface area (Å²) in [7, 11) is 0. The minimum absolute atomic E-state index is 0.283. The third kappa shape index (κ3) is 5.33. The molecule has 0 aromatic rings. The van der Waals surface area contributed by atoms with E-state index in [0.29, 0.717) is 16.8 Å². The van der Waals surface area contributed by atoms with Crippen LogP contribution in [0.1, 0.15) is 0 Å². The van der Waals surface area contributed by atoms with Crippen molar-refractivity contribution in [1.82, 2.24) is 0 Å². The maximum atomic E-state index is 3.86. The zero-order valence-corrected chi connectivity index (χ0v) is 7.78. The van der Waals surface area contributed by atoms with Gasteiger partial charge in [-0.3, -0.25) is 0 Å². The Bertz CT molecular complexity index is 31.9. The molecule has 0 aliphatic heterocycles. The van der Waals surface area contributed by atoms with Crippen molar-refractivity contribution in [2.75, 3.05) is 9.86 Å². The Labute approximate surface area is 46.5 Å².